The van der Waals surface area contributed by atoms with Crippen molar-refractivity contribution >= 4 is 24.7 Å². The Balaban J connectivity index is 2.34. The molecule has 1 aliphatic heterocycles. The molecule has 1 heterocycles. The molecule has 114 valence electrons. The molecule has 0 atom stereocenters. The molecule has 1 saturated heterocycles. The predicted molar refractivity (Wildman–Crippen MR) is 83.2 cm³/mol. The Morgan fingerprint density at radius 3 is 2.19 bits per heavy atom. The molecule has 0 spiro atoms. The second kappa shape index (κ2) is 5.35. The fourth-order valence-electron chi connectivity index (χ4n) is 2.16. The summed E-state index contributed by atoms with van der Waals surface area (Å²) in [6.45, 7) is 8.50. The van der Waals surface area contributed by atoms with E-state index in [1.807, 2.05) is 58.8 Å². The van der Waals surface area contributed by atoms with Gasteiger partial charge in [0, 0.05) is 14.1 Å². The van der Waals surface area contributed by atoms with Gasteiger partial charge in [0.05, 0.1) is 16.9 Å². The van der Waals surface area contributed by atoms with E-state index in [0.29, 0.717) is 12.2 Å². The molecule has 0 saturated carbocycles. The van der Waals surface area contributed by atoms with Crippen molar-refractivity contribution in [1.82, 2.24) is 0 Å². The van der Waals surface area contributed by atoms with Crippen molar-refractivity contribution in [3.8, 4) is 5.75 Å². The number of hydrogen-bond donors (Lipinski definition) is 0. The maximum atomic E-state index is 10.6. The lowest BCUT2D eigenvalue weighted by Gasteiger charge is -2.32. The van der Waals surface area contributed by atoms with Gasteiger partial charge < -0.3 is 18.9 Å². The third-order valence-corrected chi connectivity index (χ3v) is 4.17. The molecule has 0 N–H and O–H groups in total. The molecule has 1 aromatic rings. The zero-order valence-electron chi connectivity index (χ0n) is 13.5. The molecule has 21 heavy (non-hydrogen) atoms. The van der Waals surface area contributed by atoms with E-state index < -0.39 is 7.12 Å². The molecule has 5 nitrogen and oxygen atoms in total. The highest BCUT2D eigenvalue weighted by Crippen LogP contribution is 2.37. The normalized spacial score (nSPS) is 19.4. The summed E-state index contributed by atoms with van der Waals surface area (Å²) in [6.07, 6.45) is 0. The number of benzene rings is 1. The summed E-state index contributed by atoms with van der Waals surface area (Å²) in [5.41, 5.74) is 0.937. The SMILES string of the molecule is CN(C)c1cc(B2OC(C)(C)C(C)(C)O2)ccc1OC=O. The Labute approximate surface area is 126 Å². The largest absolute Gasteiger partial charge is 0.494 e. The third-order valence-electron chi connectivity index (χ3n) is 4.17. The quantitative estimate of drug-likeness (QED) is 0.623. The van der Waals surface area contributed by atoms with Crippen LogP contribution in [0.25, 0.3) is 0 Å². The summed E-state index contributed by atoms with van der Waals surface area (Å²) >= 11 is 0. The molecule has 0 bridgehead atoms. The summed E-state index contributed by atoms with van der Waals surface area (Å²) < 4.78 is 17.1. The molecule has 0 unspecified atom stereocenters. The van der Waals surface area contributed by atoms with Gasteiger partial charge in [0.2, 0.25) is 0 Å². The average molecular weight is 291 g/mol. The Kier molecular flexibility index (Phi) is 4.04. The van der Waals surface area contributed by atoms with Gasteiger partial charge in [0.15, 0.2) is 5.75 Å². The maximum absolute atomic E-state index is 10.6. The van der Waals surface area contributed by atoms with Gasteiger partial charge in [-0.1, -0.05) is 6.07 Å². The monoisotopic (exact) mass is 291 g/mol. The first kappa shape index (κ1) is 15.9. The number of hydrogen-bond acceptors (Lipinski definition) is 5. The molecule has 1 fully saturated rings. The molecular weight excluding hydrogens is 269 g/mol. The van der Waals surface area contributed by atoms with Crippen LogP contribution in [0.3, 0.4) is 0 Å². The fourth-order valence-corrected chi connectivity index (χ4v) is 2.16. The van der Waals surface area contributed by atoms with Gasteiger partial charge >= 0.3 is 7.12 Å². The van der Waals surface area contributed by atoms with Crippen LogP contribution in [0.2, 0.25) is 0 Å². The molecule has 1 aromatic carbocycles. The molecule has 0 aliphatic carbocycles. The van der Waals surface area contributed by atoms with Crippen molar-refractivity contribution in [1.29, 1.82) is 0 Å². The Bertz CT molecular complexity index is 526. The zero-order chi connectivity index (χ0) is 15.8. The Morgan fingerprint density at radius 1 is 1.14 bits per heavy atom. The fraction of sp³-hybridized carbons (Fsp3) is 0.533. The summed E-state index contributed by atoms with van der Waals surface area (Å²) in [6, 6.07) is 5.53. The lowest BCUT2D eigenvalue weighted by Crippen LogP contribution is -2.41. The van der Waals surface area contributed by atoms with E-state index >= 15 is 0 Å². The van der Waals surface area contributed by atoms with Crippen LogP contribution in [0.15, 0.2) is 18.2 Å². The Morgan fingerprint density at radius 2 is 1.71 bits per heavy atom. The highest BCUT2D eigenvalue weighted by atomic mass is 16.7. The van der Waals surface area contributed by atoms with Crippen molar-refractivity contribution in [3.05, 3.63) is 18.2 Å². The second-order valence-corrected chi connectivity index (χ2v) is 6.42. The summed E-state index contributed by atoms with van der Waals surface area (Å²) in [7, 11) is 3.35. The zero-order valence-corrected chi connectivity index (χ0v) is 13.5. The average Bonchev–Trinajstić information content (AvgIpc) is 2.59. The Hall–Kier alpha value is -1.53. The first-order valence-corrected chi connectivity index (χ1v) is 6.95. The molecule has 0 amide bonds. The van der Waals surface area contributed by atoms with E-state index in [1.54, 1.807) is 6.07 Å². The van der Waals surface area contributed by atoms with E-state index in [9.17, 15) is 4.79 Å². The summed E-state index contributed by atoms with van der Waals surface area (Å²) in [5, 5.41) is 0. The van der Waals surface area contributed by atoms with Gasteiger partial charge in [-0.25, -0.2) is 0 Å². The van der Waals surface area contributed by atoms with Gasteiger partial charge in [0.1, 0.15) is 0 Å². The third kappa shape index (κ3) is 2.92. The molecule has 0 radical (unpaired) electrons. The predicted octanol–water partition coefficient (Wildman–Crippen LogP) is 1.59. The summed E-state index contributed by atoms with van der Waals surface area (Å²) in [4.78, 5) is 12.5. The van der Waals surface area contributed by atoms with Crippen LogP contribution in [0.4, 0.5) is 5.69 Å². The van der Waals surface area contributed by atoms with Crippen molar-refractivity contribution in [2.75, 3.05) is 19.0 Å². The van der Waals surface area contributed by atoms with Crippen molar-refractivity contribution in [2.24, 2.45) is 0 Å². The molecule has 0 aromatic heterocycles. The van der Waals surface area contributed by atoms with Gasteiger partial charge in [-0.15, -0.1) is 0 Å². The van der Waals surface area contributed by atoms with Crippen molar-refractivity contribution < 1.29 is 18.8 Å². The van der Waals surface area contributed by atoms with E-state index in [-0.39, 0.29) is 11.2 Å². The number of carbonyl (C=O) groups excluding carboxylic acids is 1. The van der Waals surface area contributed by atoms with Gasteiger partial charge in [-0.05, 0) is 45.3 Å². The second-order valence-electron chi connectivity index (χ2n) is 6.42. The van der Waals surface area contributed by atoms with E-state index in [1.165, 1.54) is 0 Å². The number of carbonyl (C=O) groups is 1. The van der Waals surface area contributed by atoms with Crippen LogP contribution in [0.1, 0.15) is 27.7 Å². The minimum Gasteiger partial charge on any atom is -0.427 e. The number of nitrogens with zero attached hydrogens (tertiary/aromatic N) is 1. The first-order valence-electron chi connectivity index (χ1n) is 6.95. The van der Waals surface area contributed by atoms with Crippen LogP contribution in [0, 0.1) is 0 Å². The lowest BCUT2D eigenvalue weighted by atomic mass is 9.79. The summed E-state index contributed by atoms with van der Waals surface area (Å²) in [5.74, 6) is 0.510. The highest BCUT2D eigenvalue weighted by Gasteiger charge is 2.51. The van der Waals surface area contributed by atoms with E-state index in [0.717, 1.165) is 11.2 Å². The van der Waals surface area contributed by atoms with Crippen LogP contribution < -0.4 is 15.1 Å². The number of anilines is 1. The molecule has 2 rings (SSSR count). The molecular formula is C15H22BNO4. The van der Waals surface area contributed by atoms with Crippen molar-refractivity contribution in [2.45, 2.75) is 38.9 Å². The van der Waals surface area contributed by atoms with E-state index in [4.69, 9.17) is 14.0 Å². The standard InChI is InChI=1S/C15H22BNO4/c1-14(2)15(3,4)21-16(20-14)11-7-8-13(19-10-18)12(9-11)17(5)6/h7-10H,1-6H3. The lowest BCUT2D eigenvalue weighted by molar-refractivity contribution is -0.120. The smallest absolute Gasteiger partial charge is 0.427 e. The number of rotatable bonds is 4. The van der Waals surface area contributed by atoms with Gasteiger partial charge in [-0.3, -0.25) is 4.79 Å². The maximum Gasteiger partial charge on any atom is 0.494 e. The molecule has 6 heteroatoms. The van der Waals surface area contributed by atoms with Crippen LogP contribution in [-0.2, 0) is 14.1 Å². The first-order chi connectivity index (χ1) is 9.68. The van der Waals surface area contributed by atoms with Crippen molar-refractivity contribution in [3.63, 3.8) is 0 Å². The van der Waals surface area contributed by atoms with Crippen LogP contribution in [-0.4, -0.2) is 38.9 Å². The van der Waals surface area contributed by atoms with Crippen LogP contribution in [0.5, 0.6) is 5.75 Å². The minimum absolute atomic E-state index is 0.381. The van der Waals surface area contributed by atoms with Gasteiger partial charge in [0.25, 0.3) is 6.47 Å². The minimum atomic E-state index is -0.431. The van der Waals surface area contributed by atoms with Gasteiger partial charge in [-0.2, -0.15) is 0 Å². The highest BCUT2D eigenvalue weighted by molar-refractivity contribution is 6.62. The number of ether oxygens (including phenoxy) is 1. The van der Waals surface area contributed by atoms with Crippen LogP contribution >= 0.6 is 0 Å². The topological polar surface area (TPSA) is 48.0 Å². The van der Waals surface area contributed by atoms with E-state index in [2.05, 4.69) is 0 Å². The molecule has 1 aliphatic rings.